The van der Waals surface area contributed by atoms with Crippen LogP contribution in [0.15, 0.2) is 48.8 Å². The Bertz CT molecular complexity index is 1430. The fraction of sp³-hybridized carbons (Fsp3) is 0.333. The van der Waals surface area contributed by atoms with Crippen LogP contribution in [0.4, 0.5) is 0 Å². The van der Waals surface area contributed by atoms with Crippen molar-refractivity contribution < 1.29 is 23.7 Å². The van der Waals surface area contributed by atoms with Crippen LogP contribution in [0.25, 0.3) is 16.0 Å². The van der Waals surface area contributed by atoms with Crippen molar-refractivity contribution >= 4 is 51.5 Å². The zero-order valence-corrected chi connectivity index (χ0v) is 23.3. The molecule has 0 bridgehead atoms. The summed E-state index contributed by atoms with van der Waals surface area (Å²) in [6.45, 7) is 6.48. The molecule has 0 saturated carbocycles. The Hall–Kier alpha value is -2.82. The first-order valence-electron chi connectivity index (χ1n) is 12.2. The number of hydrogen-bond donors (Lipinski definition) is 0. The van der Waals surface area contributed by atoms with E-state index >= 15 is 0 Å². The number of hydrogen-bond acceptors (Lipinski definition) is 8. The van der Waals surface area contributed by atoms with E-state index in [9.17, 15) is 4.79 Å². The monoisotopic (exact) mass is 575 g/mol. The highest BCUT2D eigenvalue weighted by atomic mass is 35.5. The molecule has 2 aromatic heterocycles. The average molecular weight is 577 g/mol. The number of rotatable bonds is 9. The standard InChI is InChI=1S/C27H27Cl2N3O5S/c1-17(19-4-3-5-22(25(19)29)36-13-10-31-8-11-35-12-9-31)37-23-15-24(38-26(23)27(33)34-2)32-16-30-20-14-18(28)6-7-21(20)32/h3-7,14-17H,8-13H2,1-2H3. The van der Waals surface area contributed by atoms with Crippen LogP contribution in [0.3, 0.4) is 0 Å². The number of carbonyl (C=O) groups is 1. The summed E-state index contributed by atoms with van der Waals surface area (Å²) in [5.41, 5.74) is 2.36. The number of aromatic nitrogens is 2. The lowest BCUT2D eigenvalue weighted by molar-refractivity contribution is 0.0322. The van der Waals surface area contributed by atoms with Crippen LogP contribution in [-0.2, 0) is 9.47 Å². The zero-order valence-electron chi connectivity index (χ0n) is 21.0. The number of esters is 1. The number of thiophene rings is 1. The molecule has 1 unspecified atom stereocenters. The third-order valence-electron chi connectivity index (χ3n) is 6.31. The maximum Gasteiger partial charge on any atom is 0.351 e. The summed E-state index contributed by atoms with van der Waals surface area (Å²) >= 11 is 14.1. The number of fused-ring (bicyclic) bond motifs is 1. The molecule has 200 valence electrons. The number of morpholine rings is 1. The van der Waals surface area contributed by atoms with E-state index < -0.39 is 12.1 Å². The molecule has 3 heterocycles. The van der Waals surface area contributed by atoms with Gasteiger partial charge in [-0.3, -0.25) is 9.47 Å². The molecule has 8 nitrogen and oxygen atoms in total. The summed E-state index contributed by atoms with van der Waals surface area (Å²) < 4.78 is 24.6. The van der Waals surface area contributed by atoms with Crippen molar-refractivity contribution in [2.45, 2.75) is 13.0 Å². The van der Waals surface area contributed by atoms with Crippen molar-refractivity contribution in [3.8, 4) is 16.5 Å². The van der Waals surface area contributed by atoms with E-state index in [0.29, 0.717) is 33.0 Å². The number of ether oxygens (including phenoxy) is 4. The lowest BCUT2D eigenvalue weighted by Gasteiger charge is -2.26. The van der Waals surface area contributed by atoms with Gasteiger partial charge in [0.2, 0.25) is 0 Å². The summed E-state index contributed by atoms with van der Waals surface area (Å²) in [6.07, 6.45) is 1.23. The fourth-order valence-corrected chi connectivity index (χ4v) is 5.78. The van der Waals surface area contributed by atoms with Gasteiger partial charge in [0, 0.05) is 36.3 Å². The molecule has 1 aliphatic heterocycles. The van der Waals surface area contributed by atoms with Gasteiger partial charge in [-0.05, 0) is 31.2 Å². The quantitative estimate of drug-likeness (QED) is 0.225. The van der Waals surface area contributed by atoms with E-state index in [2.05, 4.69) is 9.88 Å². The number of carbonyl (C=O) groups excluding carboxylic acids is 1. The molecule has 1 fully saturated rings. The Morgan fingerprint density at radius 2 is 1.97 bits per heavy atom. The maximum atomic E-state index is 12.6. The summed E-state index contributed by atoms with van der Waals surface area (Å²) in [7, 11) is 1.35. The first-order chi connectivity index (χ1) is 18.4. The summed E-state index contributed by atoms with van der Waals surface area (Å²) in [4.78, 5) is 19.7. The van der Waals surface area contributed by atoms with Gasteiger partial charge in [-0.15, -0.1) is 11.3 Å². The Morgan fingerprint density at radius 3 is 2.76 bits per heavy atom. The van der Waals surface area contributed by atoms with Crippen LogP contribution in [0, 0.1) is 0 Å². The number of halogens is 2. The molecular formula is C27H27Cl2N3O5S. The summed E-state index contributed by atoms with van der Waals surface area (Å²) in [5.74, 6) is 0.507. The van der Waals surface area contributed by atoms with Crippen LogP contribution in [0.5, 0.6) is 11.5 Å². The number of imidazole rings is 1. The van der Waals surface area contributed by atoms with Gasteiger partial charge in [0.1, 0.15) is 35.5 Å². The minimum Gasteiger partial charge on any atom is -0.491 e. The minimum atomic E-state index is -0.484. The summed E-state index contributed by atoms with van der Waals surface area (Å²) in [6, 6.07) is 12.9. The minimum absolute atomic E-state index is 0.346. The normalized spacial score (nSPS) is 14.9. The van der Waals surface area contributed by atoms with E-state index in [1.165, 1.54) is 18.4 Å². The van der Waals surface area contributed by atoms with Crippen molar-refractivity contribution in [3.05, 3.63) is 69.3 Å². The maximum absolute atomic E-state index is 12.6. The van der Waals surface area contributed by atoms with Crippen LogP contribution in [-0.4, -0.2) is 67.0 Å². The predicted molar refractivity (Wildman–Crippen MR) is 149 cm³/mol. The summed E-state index contributed by atoms with van der Waals surface area (Å²) in [5, 5.41) is 1.84. The molecule has 0 radical (unpaired) electrons. The van der Waals surface area contributed by atoms with Gasteiger partial charge in [0.15, 0.2) is 4.88 Å². The zero-order chi connectivity index (χ0) is 26.6. The molecule has 0 N–H and O–H groups in total. The second-order valence-corrected chi connectivity index (χ2v) is 10.6. The average Bonchev–Trinajstić information content (AvgIpc) is 3.53. The largest absolute Gasteiger partial charge is 0.491 e. The SMILES string of the molecule is COC(=O)c1sc(-n2cnc3cc(Cl)ccc32)cc1OC(C)c1cccc(OCCN2CCOCC2)c1Cl. The van der Waals surface area contributed by atoms with E-state index in [1.807, 2.05) is 35.8 Å². The third-order valence-corrected chi connectivity index (χ3v) is 8.04. The van der Waals surface area contributed by atoms with Crippen molar-refractivity contribution in [1.82, 2.24) is 14.5 Å². The molecule has 1 aliphatic rings. The van der Waals surface area contributed by atoms with Gasteiger partial charge < -0.3 is 18.9 Å². The Kier molecular flexibility index (Phi) is 8.40. The third kappa shape index (κ3) is 5.77. The van der Waals surface area contributed by atoms with E-state index in [-0.39, 0.29) is 0 Å². The first-order valence-corrected chi connectivity index (χ1v) is 13.7. The molecule has 1 atom stereocenters. The van der Waals surface area contributed by atoms with E-state index in [4.69, 9.17) is 42.1 Å². The van der Waals surface area contributed by atoms with Gasteiger partial charge in [0.05, 0.1) is 36.4 Å². The highest BCUT2D eigenvalue weighted by Crippen LogP contribution is 2.39. The number of benzene rings is 2. The Labute approximate surface area is 234 Å². The number of methoxy groups -OCH3 is 1. The molecule has 1 saturated heterocycles. The second kappa shape index (κ2) is 11.9. The first kappa shape index (κ1) is 26.8. The molecule has 38 heavy (non-hydrogen) atoms. The van der Waals surface area contributed by atoms with E-state index in [0.717, 1.165) is 54.4 Å². The van der Waals surface area contributed by atoms with Crippen molar-refractivity contribution in [3.63, 3.8) is 0 Å². The van der Waals surface area contributed by atoms with Gasteiger partial charge >= 0.3 is 5.97 Å². The lowest BCUT2D eigenvalue weighted by Crippen LogP contribution is -2.38. The molecule has 4 aromatic rings. The van der Waals surface area contributed by atoms with Crippen LogP contribution < -0.4 is 9.47 Å². The molecule has 2 aromatic carbocycles. The van der Waals surface area contributed by atoms with Gasteiger partial charge in [0.25, 0.3) is 0 Å². The highest BCUT2D eigenvalue weighted by Gasteiger charge is 2.24. The second-order valence-electron chi connectivity index (χ2n) is 8.74. The van der Waals surface area contributed by atoms with Gasteiger partial charge in [-0.25, -0.2) is 9.78 Å². The molecule has 0 spiro atoms. The van der Waals surface area contributed by atoms with Crippen molar-refractivity contribution in [2.24, 2.45) is 0 Å². The van der Waals surface area contributed by atoms with Crippen LogP contribution in [0.2, 0.25) is 10.0 Å². The van der Waals surface area contributed by atoms with Crippen molar-refractivity contribution in [2.75, 3.05) is 46.6 Å². The van der Waals surface area contributed by atoms with Crippen molar-refractivity contribution in [1.29, 1.82) is 0 Å². The van der Waals surface area contributed by atoms with Gasteiger partial charge in [-0.1, -0.05) is 35.3 Å². The number of nitrogens with zero attached hydrogens (tertiary/aromatic N) is 3. The van der Waals surface area contributed by atoms with E-state index in [1.54, 1.807) is 24.5 Å². The van der Waals surface area contributed by atoms with Crippen LogP contribution >= 0.6 is 34.5 Å². The topological polar surface area (TPSA) is 75.1 Å². The lowest BCUT2D eigenvalue weighted by atomic mass is 10.1. The molecule has 0 amide bonds. The molecular weight excluding hydrogens is 549 g/mol. The highest BCUT2D eigenvalue weighted by molar-refractivity contribution is 7.16. The van der Waals surface area contributed by atoms with Crippen LogP contribution in [0.1, 0.15) is 28.3 Å². The predicted octanol–water partition coefficient (Wildman–Crippen LogP) is 6.03. The molecule has 5 rings (SSSR count). The molecule has 11 heteroatoms. The Balaban J connectivity index is 1.36. The fourth-order valence-electron chi connectivity index (χ4n) is 4.28. The molecule has 0 aliphatic carbocycles. The van der Waals surface area contributed by atoms with Gasteiger partial charge in [-0.2, -0.15) is 0 Å². The smallest absolute Gasteiger partial charge is 0.351 e. The Morgan fingerprint density at radius 1 is 1.16 bits per heavy atom.